The summed E-state index contributed by atoms with van der Waals surface area (Å²) in [6.45, 7) is 0.151. The molecule has 0 aromatic carbocycles. The van der Waals surface area contributed by atoms with E-state index in [-0.39, 0.29) is 25.2 Å². The van der Waals surface area contributed by atoms with Gasteiger partial charge >= 0.3 is 12.0 Å². The number of ketones is 1. The predicted octanol–water partition coefficient (Wildman–Crippen LogP) is -0.0417. The van der Waals surface area contributed by atoms with Crippen molar-refractivity contribution in [3.8, 4) is 0 Å². The van der Waals surface area contributed by atoms with Crippen molar-refractivity contribution in [2.45, 2.75) is 12.8 Å². The van der Waals surface area contributed by atoms with Gasteiger partial charge in [0, 0.05) is 18.8 Å². The Bertz CT molecular complexity index is 245. The first kappa shape index (κ1) is 13.7. The van der Waals surface area contributed by atoms with Gasteiger partial charge in [-0.25, -0.2) is 4.79 Å². The number of carbonyl (C=O) groups excluding carboxylic acids is 2. The van der Waals surface area contributed by atoms with Crippen LogP contribution < -0.4 is 10.6 Å². The molecule has 86 valence electrons. The summed E-state index contributed by atoms with van der Waals surface area (Å²) in [5.41, 5.74) is 0. The lowest BCUT2D eigenvalue weighted by molar-refractivity contribution is -0.138. The summed E-state index contributed by atoms with van der Waals surface area (Å²) in [6.07, 6.45) is -0.297. The molecule has 0 spiro atoms. The first-order valence-corrected chi connectivity index (χ1v) is 4.91. The highest BCUT2D eigenvalue weighted by Crippen LogP contribution is 1.89. The molecule has 2 amide bonds. The zero-order valence-corrected chi connectivity index (χ0v) is 8.84. The maximum atomic E-state index is 11.0. The fraction of sp³-hybridized carbons (Fsp3) is 0.625. The monoisotopic (exact) mass is 236 g/mol. The molecule has 0 atom stereocenters. The molecule has 0 fully saturated rings. The number of amides is 2. The predicted molar refractivity (Wildman–Crippen MR) is 54.0 cm³/mol. The van der Waals surface area contributed by atoms with Gasteiger partial charge in [-0.1, -0.05) is 0 Å². The first-order valence-electron chi connectivity index (χ1n) is 4.37. The standard InChI is InChI=1S/C8H13ClN2O4/c9-3-4-10-8(15)11-5-6(12)1-2-7(13)14/h1-5H2,(H,13,14)(H2,10,11,15). The van der Waals surface area contributed by atoms with E-state index in [2.05, 4.69) is 10.6 Å². The van der Waals surface area contributed by atoms with Crippen LogP contribution in [0.15, 0.2) is 0 Å². The van der Waals surface area contributed by atoms with Crippen molar-refractivity contribution in [1.29, 1.82) is 0 Å². The van der Waals surface area contributed by atoms with Gasteiger partial charge in [0.1, 0.15) is 0 Å². The number of hydrogen-bond acceptors (Lipinski definition) is 3. The molecular weight excluding hydrogens is 224 g/mol. The molecule has 6 nitrogen and oxygen atoms in total. The van der Waals surface area contributed by atoms with Crippen LogP contribution >= 0.6 is 11.6 Å². The second-order valence-corrected chi connectivity index (χ2v) is 3.11. The number of aliphatic carboxylic acids is 1. The molecule has 7 heteroatoms. The average molecular weight is 237 g/mol. The van der Waals surface area contributed by atoms with Gasteiger partial charge in [-0.05, 0) is 0 Å². The van der Waals surface area contributed by atoms with E-state index < -0.39 is 12.0 Å². The van der Waals surface area contributed by atoms with Crippen molar-refractivity contribution in [2.75, 3.05) is 19.0 Å². The molecule has 0 aliphatic carbocycles. The van der Waals surface area contributed by atoms with Gasteiger partial charge in [-0.3, -0.25) is 9.59 Å². The van der Waals surface area contributed by atoms with E-state index in [9.17, 15) is 14.4 Å². The average Bonchev–Trinajstić information content (AvgIpc) is 2.20. The molecule has 0 radical (unpaired) electrons. The third-order valence-corrected chi connectivity index (χ3v) is 1.63. The van der Waals surface area contributed by atoms with Gasteiger partial charge in [0.15, 0.2) is 5.78 Å². The van der Waals surface area contributed by atoms with Gasteiger partial charge in [-0.2, -0.15) is 0 Å². The molecule has 3 N–H and O–H groups in total. The van der Waals surface area contributed by atoms with Gasteiger partial charge in [0.2, 0.25) is 0 Å². The van der Waals surface area contributed by atoms with E-state index in [1.165, 1.54) is 0 Å². The lowest BCUT2D eigenvalue weighted by Crippen LogP contribution is -2.39. The molecular formula is C8H13ClN2O4. The van der Waals surface area contributed by atoms with Crippen molar-refractivity contribution in [3.05, 3.63) is 0 Å². The van der Waals surface area contributed by atoms with Gasteiger partial charge in [-0.15, -0.1) is 11.6 Å². The molecule has 0 aliphatic heterocycles. The van der Waals surface area contributed by atoms with Crippen LogP contribution in [0.25, 0.3) is 0 Å². The normalized spacial score (nSPS) is 9.40. The minimum Gasteiger partial charge on any atom is -0.481 e. The van der Waals surface area contributed by atoms with Crippen LogP contribution in [0.2, 0.25) is 0 Å². The summed E-state index contributed by atoms with van der Waals surface area (Å²) < 4.78 is 0. The van der Waals surface area contributed by atoms with Crippen LogP contribution in [0, 0.1) is 0 Å². The summed E-state index contributed by atoms with van der Waals surface area (Å²) in [5, 5.41) is 13.0. The molecule has 0 aromatic rings. The minimum absolute atomic E-state index is 0.0783. The van der Waals surface area contributed by atoms with E-state index in [4.69, 9.17) is 16.7 Å². The van der Waals surface area contributed by atoms with Gasteiger partial charge < -0.3 is 15.7 Å². The first-order chi connectivity index (χ1) is 7.06. The molecule has 0 unspecified atom stereocenters. The molecule has 0 saturated carbocycles. The number of carboxylic acids is 1. The number of hydrogen-bond donors (Lipinski definition) is 3. The number of carbonyl (C=O) groups is 3. The molecule has 0 aromatic heterocycles. The summed E-state index contributed by atoms with van der Waals surface area (Å²) in [4.78, 5) is 32.0. The smallest absolute Gasteiger partial charge is 0.315 e. The Morgan fingerprint density at radius 2 is 1.80 bits per heavy atom. The molecule has 0 bridgehead atoms. The fourth-order valence-electron chi connectivity index (χ4n) is 0.737. The maximum absolute atomic E-state index is 11.0. The van der Waals surface area contributed by atoms with E-state index in [1.54, 1.807) is 0 Å². The Kier molecular flexibility index (Phi) is 7.35. The van der Waals surface area contributed by atoms with Crippen LogP contribution in [-0.2, 0) is 9.59 Å². The Labute approximate surface area is 92.0 Å². The Morgan fingerprint density at radius 3 is 2.33 bits per heavy atom. The zero-order chi connectivity index (χ0) is 11.7. The van der Waals surface area contributed by atoms with Crippen molar-refractivity contribution >= 4 is 29.4 Å². The van der Waals surface area contributed by atoms with Crippen LogP contribution in [0.3, 0.4) is 0 Å². The minimum atomic E-state index is -1.03. The maximum Gasteiger partial charge on any atom is 0.315 e. The Balaban J connectivity index is 3.53. The highest BCUT2D eigenvalue weighted by molar-refractivity contribution is 6.18. The number of halogens is 1. The Morgan fingerprint density at radius 1 is 1.13 bits per heavy atom. The van der Waals surface area contributed by atoms with Crippen LogP contribution in [0.4, 0.5) is 4.79 Å². The quantitative estimate of drug-likeness (QED) is 0.541. The zero-order valence-electron chi connectivity index (χ0n) is 8.09. The largest absolute Gasteiger partial charge is 0.481 e. The number of carboxylic acid groups (broad SMARTS) is 1. The Hall–Kier alpha value is -1.30. The van der Waals surface area contributed by atoms with Crippen LogP contribution in [0.5, 0.6) is 0 Å². The van der Waals surface area contributed by atoms with Crippen molar-refractivity contribution < 1.29 is 19.5 Å². The van der Waals surface area contributed by atoms with E-state index in [1.807, 2.05) is 0 Å². The number of nitrogens with one attached hydrogen (secondary N) is 2. The molecule has 15 heavy (non-hydrogen) atoms. The third kappa shape index (κ3) is 9.01. The highest BCUT2D eigenvalue weighted by atomic mass is 35.5. The lowest BCUT2D eigenvalue weighted by atomic mass is 10.2. The molecule has 0 saturated heterocycles. The van der Waals surface area contributed by atoms with E-state index in [0.29, 0.717) is 12.4 Å². The van der Waals surface area contributed by atoms with E-state index in [0.717, 1.165) is 0 Å². The SMILES string of the molecule is O=C(O)CCC(=O)CNC(=O)NCCCl. The second kappa shape index (κ2) is 8.05. The fourth-order valence-corrected chi connectivity index (χ4v) is 0.831. The summed E-state index contributed by atoms with van der Waals surface area (Å²) >= 11 is 5.32. The van der Waals surface area contributed by atoms with Crippen molar-refractivity contribution in [2.24, 2.45) is 0 Å². The number of alkyl halides is 1. The van der Waals surface area contributed by atoms with Gasteiger partial charge in [0.25, 0.3) is 0 Å². The van der Waals surface area contributed by atoms with E-state index >= 15 is 0 Å². The second-order valence-electron chi connectivity index (χ2n) is 2.73. The highest BCUT2D eigenvalue weighted by Gasteiger charge is 2.06. The molecule has 0 rings (SSSR count). The number of rotatable bonds is 7. The summed E-state index contributed by atoms with van der Waals surface area (Å²) in [5.74, 6) is -1.06. The summed E-state index contributed by atoms with van der Waals surface area (Å²) in [6, 6.07) is -0.487. The lowest BCUT2D eigenvalue weighted by Gasteiger charge is -2.04. The number of Topliss-reactive ketones (excluding diaryl/α,β-unsaturated/α-hetero) is 1. The third-order valence-electron chi connectivity index (χ3n) is 1.44. The van der Waals surface area contributed by atoms with Crippen LogP contribution in [-0.4, -0.2) is 41.9 Å². The van der Waals surface area contributed by atoms with Crippen molar-refractivity contribution in [3.63, 3.8) is 0 Å². The summed E-state index contributed by atoms with van der Waals surface area (Å²) in [7, 11) is 0. The van der Waals surface area contributed by atoms with Crippen LogP contribution in [0.1, 0.15) is 12.8 Å². The molecule has 0 aliphatic rings. The number of urea groups is 1. The van der Waals surface area contributed by atoms with Gasteiger partial charge in [0.05, 0.1) is 13.0 Å². The molecule has 0 heterocycles. The van der Waals surface area contributed by atoms with Crippen molar-refractivity contribution in [1.82, 2.24) is 10.6 Å². The topological polar surface area (TPSA) is 95.5 Å².